The van der Waals surface area contributed by atoms with E-state index in [-0.39, 0.29) is 37.7 Å². The van der Waals surface area contributed by atoms with Gasteiger partial charge >= 0.3 is 0 Å². The molecule has 180 valence electrons. The SMILES string of the molecule is COCCN(CC(C)C)C(=O)CCC(=O)N1CCN(S(=O)(=O)c2cc(C)ccc2C)CC1. The molecule has 0 spiro atoms. The van der Waals surface area contributed by atoms with Gasteiger partial charge in [0.15, 0.2) is 0 Å². The highest BCUT2D eigenvalue weighted by Crippen LogP contribution is 2.22. The molecule has 8 nitrogen and oxygen atoms in total. The van der Waals surface area contributed by atoms with Crippen LogP contribution in [0.2, 0.25) is 0 Å². The summed E-state index contributed by atoms with van der Waals surface area (Å²) in [5.74, 6) is 0.164. The summed E-state index contributed by atoms with van der Waals surface area (Å²) < 4.78 is 32.7. The van der Waals surface area contributed by atoms with Crippen LogP contribution in [0.1, 0.15) is 37.8 Å². The Morgan fingerprint density at radius 1 is 1.09 bits per heavy atom. The van der Waals surface area contributed by atoms with Gasteiger partial charge in [0, 0.05) is 59.2 Å². The van der Waals surface area contributed by atoms with E-state index in [9.17, 15) is 18.0 Å². The number of benzene rings is 1. The summed E-state index contributed by atoms with van der Waals surface area (Å²) in [4.78, 5) is 29.0. The maximum Gasteiger partial charge on any atom is 0.243 e. The van der Waals surface area contributed by atoms with E-state index in [1.807, 2.05) is 32.9 Å². The minimum atomic E-state index is -3.60. The van der Waals surface area contributed by atoms with Gasteiger partial charge in [-0.3, -0.25) is 9.59 Å². The van der Waals surface area contributed by atoms with Gasteiger partial charge in [0.1, 0.15) is 0 Å². The van der Waals surface area contributed by atoms with Crippen LogP contribution >= 0.6 is 0 Å². The number of ether oxygens (including phenoxy) is 1. The molecule has 1 aliphatic heterocycles. The fourth-order valence-corrected chi connectivity index (χ4v) is 5.52. The van der Waals surface area contributed by atoms with Gasteiger partial charge in [0.05, 0.1) is 11.5 Å². The van der Waals surface area contributed by atoms with Crippen LogP contribution in [0.4, 0.5) is 0 Å². The van der Waals surface area contributed by atoms with E-state index >= 15 is 0 Å². The van der Waals surface area contributed by atoms with Gasteiger partial charge in [-0.15, -0.1) is 0 Å². The highest BCUT2D eigenvalue weighted by atomic mass is 32.2. The third-order valence-corrected chi connectivity index (χ3v) is 7.65. The van der Waals surface area contributed by atoms with E-state index < -0.39 is 10.0 Å². The van der Waals surface area contributed by atoms with Crippen LogP contribution in [0, 0.1) is 19.8 Å². The minimum Gasteiger partial charge on any atom is -0.383 e. The number of hydrogen-bond donors (Lipinski definition) is 0. The first-order valence-electron chi connectivity index (χ1n) is 11.2. The Hall–Kier alpha value is -1.97. The van der Waals surface area contributed by atoms with E-state index in [0.717, 1.165) is 5.56 Å². The molecule has 1 saturated heterocycles. The summed E-state index contributed by atoms with van der Waals surface area (Å²) in [7, 11) is -2.00. The Balaban J connectivity index is 1.90. The van der Waals surface area contributed by atoms with Crippen molar-refractivity contribution in [1.82, 2.24) is 14.1 Å². The van der Waals surface area contributed by atoms with Crippen molar-refractivity contribution in [3.8, 4) is 0 Å². The van der Waals surface area contributed by atoms with E-state index in [0.29, 0.717) is 49.2 Å². The van der Waals surface area contributed by atoms with E-state index in [1.54, 1.807) is 29.9 Å². The molecule has 0 radical (unpaired) electrons. The average molecular weight is 468 g/mol. The summed E-state index contributed by atoms with van der Waals surface area (Å²) >= 11 is 0. The van der Waals surface area contributed by atoms with Crippen LogP contribution in [-0.4, -0.2) is 87.3 Å². The predicted molar refractivity (Wildman–Crippen MR) is 124 cm³/mol. The lowest BCUT2D eigenvalue weighted by Crippen LogP contribution is -2.50. The Bertz CT molecular complexity index is 893. The molecule has 32 heavy (non-hydrogen) atoms. The number of nitrogens with zero attached hydrogens (tertiary/aromatic N) is 3. The van der Waals surface area contributed by atoms with Crippen LogP contribution in [-0.2, 0) is 24.3 Å². The number of carbonyl (C=O) groups excluding carboxylic acids is 2. The van der Waals surface area contributed by atoms with Crippen LogP contribution in [0.25, 0.3) is 0 Å². The normalized spacial score (nSPS) is 15.2. The highest BCUT2D eigenvalue weighted by molar-refractivity contribution is 7.89. The summed E-state index contributed by atoms with van der Waals surface area (Å²) in [5.41, 5.74) is 1.61. The molecule has 0 aromatic heterocycles. The number of amides is 2. The lowest BCUT2D eigenvalue weighted by atomic mass is 10.1. The van der Waals surface area contributed by atoms with Crippen molar-refractivity contribution in [3.63, 3.8) is 0 Å². The first kappa shape index (κ1) is 26.3. The second kappa shape index (κ2) is 11.8. The van der Waals surface area contributed by atoms with Gasteiger partial charge in [0.25, 0.3) is 0 Å². The quantitative estimate of drug-likeness (QED) is 0.526. The fourth-order valence-electron chi connectivity index (χ4n) is 3.79. The van der Waals surface area contributed by atoms with Crippen molar-refractivity contribution in [2.24, 2.45) is 5.92 Å². The van der Waals surface area contributed by atoms with Crippen molar-refractivity contribution in [1.29, 1.82) is 0 Å². The predicted octanol–water partition coefficient (Wildman–Crippen LogP) is 2.05. The van der Waals surface area contributed by atoms with Crippen molar-refractivity contribution in [3.05, 3.63) is 29.3 Å². The number of aryl methyl sites for hydroxylation is 2. The second-order valence-electron chi connectivity index (χ2n) is 8.78. The Morgan fingerprint density at radius 2 is 1.75 bits per heavy atom. The minimum absolute atomic E-state index is 0.0553. The summed E-state index contributed by atoms with van der Waals surface area (Å²) in [6, 6.07) is 5.40. The van der Waals surface area contributed by atoms with Crippen LogP contribution in [0.3, 0.4) is 0 Å². The van der Waals surface area contributed by atoms with Gasteiger partial charge in [-0.2, -0.15) is 4.31 Å². The third kappa shape index (κ3) is 7.02. The number of carbonyl (C=O) groups is 2. The van der Waals surface area contributed by atoms with Crippen LogP contribution < -0.4 is 0 Å². The van der Waals surface area contributed by atoms with Crippen LogP contribution in [0.15, 0.2) is 23.1 Å². The standard InChI is InChI=1S/C23H37N3O5S/c1-18(2)17-25(14-15-31-5)23(28)9-8-22(27)24-10-12-26(13-11-24)32(29,30)21-16-19(3)6-7-20(21)4/h6-7,16,18H,8-15,17H2,1-5H3. The largest absolute Gasteiger partial charge is 0.383 e. The molecule has 0 saturated carbocycles. The van der Waals surface area contributed by atoms with Gasteiger partial charge in [-0.1, -0.05) is 26.0 Å². The zero-order valence-electron chi connectivity index (χ0n) is 20.0. The topological polar surface area (TPSA) is 87.2 Å². The van der Waals surface area contributed by atoms with Crippen LogP contribution in [0.5, 0.6) is 0 Å². The molecule has 1 aromatic rings. The van der Waals surface area contributed by atoms with Gasteiger partial charge in [-0.25, -0.2) is 8.42 Å². The molecule has 0 aliphatic carbocycles. The van der Waals surface area contributed by atoms with E-state index in [1.165, 1.54) is 4.31 Å². The van der Waals surface area contributed by atoms with Gasteiger partial charge in [-0.05, 0) is 37.0 Å². The summed E-state index contributed by atoms with van der Waals surface area (Å²) in [6.07, 6.45) is 0.278. The van der Waals surface area contributed by atoms with Crippen molar-refractivity contribution >= 4 is 21.8 Å². The Morgan fingerprint density at radius 3 is 2.34 bits per heavy atom. The third-order valence-electron chi connectivity index (χ3n) is 5.61. The smallest absolute Gasteiger partial charge is 0.243 e. The molecule has 0 N–H and O–H groups in total. The van der Waals surface area contributed by atoms with Gasteiger partial charge in [0.2, 0.25) is 21.8 Å². The maximum absolute atomic E-state index is 13.1. The number of sulfonamides is 1. The number of rotatable bonds is 10. The molecule has 1 heterocycles. The molecule has 9 heteroatoms. The highest BCUT2D eigenvalue weighted by Gasteiger charge is 2.31. The first-order chi connectivity index (χ1) is 15.1. The van der Waals surface area contributed by atoms with Crippen molar-refractivity contribution < 1.29 is 22.7 Å². The number of hydrogen-bond acceptors (Lipinski definition) is 5. The molecule has 0 unspecified atom stereocenters. The molecule has 1 fully saturated rings. The van der Waals surface area contributed by atoms with Gasteiger partial charge < -0.3 is 14.5 Å². The molecular formula is C23H37N3O5S. The lowest BCUT2D eigenvalue weighted by molar-refractivity contribution is -0.138. The maximum atomic E-state index is 13.1. The molecule has 1 aromatic carbocycles. The molecule has 0 atom stereocenters. The monoisotopic (exact) mass is 467 g/mol. The Labute approximate surface area is 192 Å². The molecule has 2 rings (SSSR count). The lowest BCUT2D eigenvalue weighted by Gasteiger charge is -2.34. The molecular weight excluding hydrogens is 430 g/mol. The molecule has 1 aliphatic rings. The number of methoxy groups -OCH3 is 1. The summed E-state index contributed by atoms with van der Waals surface area (Å²) in [5, 5.41) is 0. The fraction of sp³-hybridized carbons (Fsp3) is 0.652. The first-order valence-corrected chi connectivity index (χ1v) is 12.6. The zero-order chi connectivity index (χ0) is 23.9. The molecule has 2 amide bonds. The van der Waals surface area contributed by atoms with Crippen molar-refractivity contribution in [2.75, 3.05) is 53.0 Å². The second-order valence-corrected chi connectivity index (χ2v) is 10.7. The zero-order valence-corrected chi connectivity index (χ0v) is 20.8. The summed E-state index contributed by atoms with van der Waals surface area (Å²) in [6.45, 7) is 10.5. The van der Waals surface area contributed by atoms with Crippen molar-refractivity contribution in [2.45, 2.75) is 45.4 Å². The van der Waals surface area contributed by atoms with E-state index in [4.69, 9.17) is 4.74 Å². The van der Waals surface area contributed by atoms with E-state index in [2.05, 4.69) is 0 Å². The molecule has 0 bridgehead atoms. The Kier molecular flexibility index (Phi) is 9.66. The average Bonchev–Trinajstić information content (AvgIpc) is 2.76. The number of piperazine rings is 1.